The van der Waals surface area contributed by atoms with Crippen LogP contribution in [0.4, 0.5) is 0 Å². The van der Waals surface area contributed by atoms with Crippen molar-refractivity contribution in [1.82, 2.24) is 24.9 Å². The van der Waals surface area contributed by atoms with E-state index in [-0.39, 0.29) is 4.90 Å². The molecule has 166 valence electrons. The zero-order valence-corrected chi connectivity index (χ0v) is 18.7. The monoisotopic (exact) mass is 445 g/mol. The van der Waals surface area contributed by atoms with E-state index in [0.717, 1.165) is 18.4 Å². The molecule has 1 heterocycles. The lowest BCUT2D eigenvalue weighted by molar-refractivity contribution is 0.268. The Morgan fingerprint density at radius 2 is 1.77 bits per heavy atom. The smallest absolute Gasteiger partial charge is 0.241 e. The van der Waals surface area contributed by atoms with Gasteiger partial charge < -0.3 is 9.47 Å². The van der Waals surface area contributed by atoms with E-state index >= 15 is 0 Å². The minimum Gasteiger partial charge on any atom is -0.490 e. The molecular weight excluding hydrogens is 418 g/mol. The standard InChI is InChI=1S/C21H27N5O4S/c1-4-11-29-20-10-9-17(13-21(20)30-12-5-2)16(3)23-31(27,28)19-8-6-7-18(14-19)26-15-22-24-25-26/h6-10,13-16,23H,4-5,11-12H2,1-3H3/t16-/m0/s1. The summed E-state index contributed by atoms with van der Waals surface area (Å²) in [5, 5.41) is 11.0. The molecule has 9 nitrogen and oxygen atoms in total. The Hall–Kier alpha value is -2.98. The van der Waals surface area contributed by atoms with E-state index in [1.54, 1.807) is 19.1 Å². The van der Waals surface area contributed by atoms with Crippen molar-refractivity contribution < 1.29 is 17.9 Å². The van der Waals surface area contributed by atoms with E-state index in [2.05, 4.69) is 20.2 Å². The fraction of sp³-hybridized carbons (Fsp3) is 0.381. The number of tetrazole rings is 1. The third kappa shape index (κ3) is 5.80. The predicted octanol–water partition coefficient (Wildman–Crippen LogP) is 3.28. The minimum absolute atomic E-state index is 0.123. The second kappa shape index (κ2) is 10.4. The zero-order chi connectivity index (χ0) is 22.3. The Labute approximate surface area is 182 Å². The number of ether oxygens (including phenoxy) is 2. The SMILES string of the molecule is CCCOc1ccc([C@H](C)NS(=O)(=O)c2cccc(-n3cnnn3)c2)cc1OCCC. The van der Waals surface area contributed by atoms with Crippen LogP contribution in [0.5, 0.6) is 11.5 Å². The van der Waals surface area contributed by atoms with Gasteiger partial charge in [-0.2, -0.15) is 0 Å². The summed E-state index contributed by atoms with van der Waals surface area (Å²) in [5.41, 5.74) is 1.32. The molecular formula is C21H27N5O4S. The molecule has 0 aliphatic rings. The number of sulfonamides is 1. The van der Waals surface area contributed by atoms with Crippen molar-refractivity contribution >= 4 is 10.0 Å². The first-order chi connectivity index (χ1) is 14.9. The van der Waals surface area contributed by atoms with Gasteiger partial charge in [-0.25, -0.2) is 17.8 Å². The molecule has 0 bridgehead atoms. The Balaban J connectivity index is 1.81. The van der Waals surface area contributed by atoms with Crippen molar-refractivity contribution in [3.63, 3.8) is 0 Å². The molecule has 0 spiro atoms. The molecule has 1 N–H and O–H groups in total. The van der Waals surface area contributed by atoms with Crippen LogP contribution in [0.15, 0.2) is 53.7 Å². The Morgan fingerprint density at radius 3 is 2.45 bits per heavy atom. The Morgan fingerprint density at radius 1 is 1.03 bits per heavy atom. The maximum absolute atomic E-state index is 13.0. The fourth-order valence-electron chi connectivity index (χ4n) is 2.89. The van der Waals surface area contributed by atoms with Gasteiger partial charge in [-0.15, -0.1) is 5.10 Å². The molecule has 2 aromatic carbocycles. The number of nitrogens with zero attached hydrogens (tertiary/aromatic N) is 4. The van der Waals surface area contributed by atoms with Gasteiger partial charge in [-0.3, -0.25) is 0 Å². The van der Waals surface area contributed by atoms with Crippen molar-refractivity contribution in [2.24, 2.45) is 0 Å². The summed E-state index contributed by atoms with van der Waals surface area (Å²) in [6.07, 6.45) is 3.15. The van der Waals surface area contributed by atoms with Crippen LogP contribution in [-0.2, 0) is 10.0 Å². The van der Waals surface area contributed by atoms with Crippen molar-refractivity contribution in [2.45, 2.75) is 44.6 Å². The summed E-state index contributed by atoms with van der Waals surface area (Å²) >= 11 is 0. The molecule has 31 heavy (non-hydrogen) atoms. The van der Waals surface area contributed by atoms with Gasteiger partial charge in [0.05, 0.1) is 23.8 Å². The van der Waals surface area contributed by atoms with Crippen LogP contribution in [0.25, 0.3) is 5.69 Å². The molecule has 3 rings (SSSR count). The Bertz CT molecular complexity index is 1090. The molecule has 1 aromatic heterocycles. The number of benzene rings is 2. The molecule has 0 aliphatic heterocycles. The van der Waals surface area contributed by atoms with Gasteiger partial charge in [-0.1, -0.05) is 26.0 Å². The summed E-state index contributed by atoms with van der Waals surface area (Å²) in [4.78, 5) is 0.123. The predicted molar refractivity (Wildman–Crippen MR) is 116 cm³/mol. The van der Waals surface area contributed by atoms with E-state index in [0.29, 0.717) is 30.4 Å². The van der Waals surface area contributed by atoms with E-state index in [1.165, 1.54) is 23.1 Å². The van der Waals surface area contributed by atoms with Crippen LogP contribution in [0.2, 0.25) is 0 Å². The first-order valence-electron chi connectivity index (χ1n) is 10.2. The van der Waals surface area contributed by atoms with Crippen LogP contribution >= 0.6 is 0 Å². The summed E-state index contributed by atoms with van der Waals surface area (Å²) in [6.45, 7) is 6.98. The molecule has 0 saturated heterocycles. The highest BCUT2D eigenvalue weighted by Gasteiger charge is 2.20. The number of rotatable bonds is 11. The van der Waals surface area contributed by atoms with Gasteiger partial charge >= 0.3 is 0 Å². The van der Waals surface area contributed by atoms with E-state index in [9.17, 15) is 8.42 Å². The summed E-state index contributed by atoms with van der Waals surface area (Å²) < 4.78 is 41.6. The molecule has 0 amide bonds. The second-order valence-corrected chi connectivity index (χ2v) is 8.71. The van der Waals surface area contributed by atoms with Crippen molar-refractivity contribution in [2.75, 3.05) is 13.2 Å². The largest absolute Gasteiger partial charge is 0.490 e. The van der Waals surface area contributed by atoms with Crippen molar-refractivity contribution in [3.05, 3.63) is 54.4 Å². The highest BCUT2D eigenvalue weighted by Crippen LogP contribution is 2.31. The first-order valence-corrected chi connectivity index (χ1v) is 11.7. The van der Waals surface area contributed by atoms with Gasteiger partial charge in [0.25, 0.3) is 0 Å². The fourth-order valence-corrected chi connectivity index (χ4v) is 4.16. The highest BCUT2D eigenvalue weighted by atomic mass is 32.2. The lowest BCUT2D eigenvalue weighted by atomic mass is 10.1. The van der Waals surface area contributed by atoms with E-state index in [4.69, 9.17) is 9.47 Å². The quantitative estimate of drug-likeness (QED) is 0.482. The molecule has 0 saturated carbocycles. The normalized spacial score (nSPS) is 12.5. The molecule has 0 radical (unpaired) electrons. The lowest BCUT2D eigenvalue weighted by Crippen LogP contribution is -2.27. The first kappa shape index (κ1) is 22.7. The molecule has 0 aliphatic carbocycles. The van der Waals surface area contributed by atoms with Gasteiger partial charge in [0, 0.05) is 6.04 Å². The summed E-state index contributed by atoms with van der Waals surface area (Å²) in [5.74, 6) is 1.27. The van der Waals surface area contributed by atoms with Gasteiger partial charge in [0.15, 0.2) is 11.5 Å². The van der Waals surface area contributed by atoms with Crippen LogP contribution in [0.1, 0.15) is 45.2 Å². The zero-order valence-electron chi connectivity index (χ0n) is 17.9. The van der Waals surface area contributed by atoms with Crippen LogP contribution < -0.4 is 14.2 Å². The summed E-state index contributed by atoms with van der Waals surface area (Å²) in [6, 6.07) is 11.4. The third-order valence-corrected chi connectivity index (χ3v) is 6.00. The van der Waals surface area contributed by atoms with Crippen LogP contribution in [-0.4, -0.2) is 41.8 Å². The number of nitrogens with one attached hydrogen (secondary N) is 1. The minimum atomic E-state index is -3.78. The lowest BCUT2D eigenvalue weighted by Gasteiger charge is -2.18. The maximum atomic E-state index is 13.0. The van der Waals surface area contributed by atoms with Crippen LogP contribution in [0.3, 0.4) is 0 Å². The molecule has 1 atom stereocenters. The number of aromatic nitrogens is 4. The molecule has 3 aromatic rings. The van der Waals surface area contributed by atoms with Gasteiger partial charge in [-0.05, 0) is 66.1 Å². The average molecular weight is 446 g/mol. The second-order valence-electron chi connectivity index (χ2n) is 7.00. The van der Waals surface area contributed by atoms with Crippen molar-refractivity contribution in [3.8, 4) is 17.2 Å². The average Bonchev–Trinajstić information content (AvgIpc) is 3.31. The summed E-state index contributed by atoms with van der Waals surface area (Å²) in [7, 11) is -3.78. The van der Waals surface area contributed by atoms with Gasteiger partial charge in [0.2, 0.25) is 10.0 Å². The molecule has 10 heteroatoms. The van der Waals surface area contributed by atoms with Crippen molar-refractivity contribution in [1.29, 1.82) is 0 Å². The van der Waals surface area contributed by atoms with E-state index in [1.807, 2.05) is 32.0 Å². The van der Waals surface area contributed by atoms with E-state index < -0.39 is 16.1 Å². The van der Waals surface area contributed by atoms with Gasteiger partial charge in [0.1, 0.15) is 6.33 Å². The molecule has 0 fully saturated rings. The highest BCUT2D eigenvalue weighted by molar-refractivity contribution is 7.89. The topological polar surface area (TPSA) is 108 Å². The Kier molecular flexibility index (Phi) is 7.59. The maximum Gasteiger partial charge on any atom is 0.241 e. The third-order valence-electron chi connectivity index (χ3n) is 4.46. The van der Waals surface area contributed by atoms with Crippen LogP contribution in [0, 0.1) is 0 Å². The number of hydrogen-bond acceptors (Lipinski definition) is 7. The molecule has 0 unspecified atom stereocenters. The number of hydrogen-bond donors (Lipinski definition) is 1.